The number of hydrazone groups is 1. The first kappa shape index (κ1) is 19.1. The van der Waals surface area contributed by atoms with E-state index in [0.717, 1.165) is 10.6 Å². The number of rotatable bonds is 4. The molecule has 1 N–H and O–H groups in total. The van der Waals surface area contributed by atoms with Crippen LogP contribution in [0.4, 0.5) is 0 Å². The van der Waals surface area contributed by atoms with Gasteiger partial charge in [-0.25, -0.2) is 4.79 Å². The van der Waals surface area contributed by atoms with E-state index in [-0.39, 0.29) is 18.7 Å². The molecule has 0 spiro atoms. The molecular formula is C20H19ClN2O4. The maximum atomic E-state index is 13.0. The van der Waals surface area contributed by atoms with Gasteiger partial charge in [0, 0.05) is 16.1 Å². The Morgan fingerprint density at radius 1 is 1.19 bits per heavy atom. The largest absolute Gasteiger partial charge is 0.461 e. The SMILES string of the molecule is CCOC(=O)C1=NN(C(=O)c2ccc(C)cc2)[C@@](O)(c2ccc(Cl)cc2)C1. The number of amides is 1. The van der Waals surface area contributed by atoms with E-state index >= 15 is 0 Å². The lowest BCUT2D eigenvalue weighted by atomic mass is 9.96. The zero-order chi connectivity index (χ0) is 19.6. The molecule has 1 atom stereocenters. The van der Waals surface area contributed by atoms with Gasteiger partial charge >= 0.3 is 5.97 Å². The number of carbonyl (C=O) groups is 2. The molecule has 0 saturated heterocycles. The molecule has 7 heteroatoms. The smallest absolute Gasteiger partial charge is 0.354 e. The Morgan fingerprint density at radius 3 is 2.41 bits per heavy atom. The highest BCUT2D eigenvalue weighted by Gasteiger charge is 2.48. The Balaban J connectivity index is 2.03. The fourth-order valence-corrected chi connectivity index (χ4v) is 2.97. The van der Waals surface area contributed by atoms with E-state index in [2.05, 4.69) is 5.10 Å². The molecule has 1 aliphatic heterocycles. The van der Waals surface area contributed by atoms with Crippen molar-refractivity contribution in [1.29, 1.82) is 0 Å². The number of aliphatic hydroxyl groups is 1. The van der Waals surface area contributed by atoms with Crippen molar-refractivity contribution in [2.45, 2.75) is 26.0 Å². The molecule has 2 aromatic rings. The van der Waals surface area contributed by atoms with Gasteiger partial charge in [0.1, 0.15) is 0 Å². The van der Waals surface area contributed by atoms with E-state index in [1.807, 2.05) is 6.92 Å². The fraction of sp³-hybridized carbons (Fsp3) is 0.250. The summed E-state index contributed by atoms with van der Waals surface area (Å²) in [7, 11) is 0. The number of nitrogens with zero attached hydrogens (tertiary/aromatic N) is 2. The Hall–Kier alpha value is -2.70. The van der Waals surface area contributed by atoms with Gasteiger partial charge in [0.15, 0.2) is 11.4 Å². The molecular weight excluding hydrogens is 368 g/mol. The Labute approximate surface area is 162 Å². The predicted molar refractivity (Wildman–Crippen MR) is 101 cm³/mol. The molecule has 3 rings (SSSR count). The monoisotopic (exact) mass is 386 g/mol. The number of halogens is 1. The minimum atomic E-state index is -1.81. The van der Waals surface area contributed by atoms with Crippen LogP contribution in [0.1, 0.15) is 34.8 Å². The second-order valence-corrected chi connectivity index (χ2v) is 6.69. The van der Waals surface area contributed by atoms with Gasteiger partial charge in [-0.15, -0.1) is 0 Å². The van der Waals surface area contributed by atoms with Crippen molar-refractivity contribution >= 4 is 29.2 Å². The quantitative estimate of drug-likeness (QED) is 0.818. The molecule has 1 heterocycles. The van der Waals surface area contributed by atoms with Crippen LogP contribution in [0.3, 0.4) is 0 Å². The highest BCUT2D eigenvalue weighted by molar-refractivity contribution is 6.37. The molecule has 1 amide bonds. The van der Waals surface area contributed by atoms with Crippen LogP contribution in [0.15, 0.2) is 53.6 Å². The molecule has 0 saturated carbocycles. The molecule has 0 radical (unpaired) electrons. The van der Waals surface area contributed by atoms with Gasteiger partial charge in [-0.05, 0) is 38.1 Å². The third-order valence-electron chi connectivity index (χ3n) is 4.29. The van der Waals surface area contributed by atoms with E-state index in [1.54, 1.807) is 55.5 Å². The molecule has 0 unspecified atom stereocenters. The van der Waals surface area contributed by atoms with E-state index in [1.165, 1.54) is 0 Å². The summed E-state index contributed by atoms with van der Waals surface area (Å²) < 4.78 is 4.98. The summed E-state index contributed by atoms with van der Waals surface area (Å²) in [6.45, 7) is 3.75. The Bertz CT molecular complexity index is 893. The summed E-state index contributed by atoms with van der Waals surface area (Å²) in [5.74, 6) is -1.18. The van der Waals surface area contributed by atoms with Gasteiger partial charge in [-0.1, -0.05) is 41.4 Å². The average Bonchev–Trinajstić information content (AvgIpc) is 3.01. The van der Waals surface area contributed by atoms with Gasteiger partial charge in [0.2, 0.25) is 0 Å². The highest BCUT2D eigenvalue weighted by Crippen LogP contribution is 2.37. The highest BCUT2D eigenvalue weighted by atomic mass is 35.5. The lowest BCUT2D eigenvalue weighted by Gasteiger charge is -2.31. The molecule has 0 fully saturated rings. The number of ether oxygens (including phenoxy) is 1. The normalized spacial score (nSPS) is 19.0. The third kappa shape index (κ3) is 3.72. The van der Waals surface area contributed by atoms with Gasteiger partial charge in [0.05, 0.1) is 13.0 Å². The topological polar surface area (TPSA) is 79.2 Å². The minimum absolute atomic E-state index is 0.0187. The third-order valence-corrected chi connectivity index (χ3v) is 4.55. The lowest BCUT2D eigenvalue weighted by molar-refractivity contribution is -0.135. The van der Waals surface area contributed by atoms with Crippen LogP contribution >= 0.6 is 11.6 Å². The van der Waals surface area contributed by atoms with Gasteiger partial charge in [-0.3, -0.25) is 4.79 Å². The second-order valence-electron chi connectivity index (χ2n) is 6.25. The zero-order valence-corrected chi connectivity index (χ0v) is 15.7. The number of esters is 1. The fourth-order valence-electron chi connectivity index (χ4n) is 2.85. The van der Waals surface area contributed by atoms with Crippen LogP contribution in [0.5, 0.6) is 0 Å². The molecule has 0 aromatic heterocycles. The second kappa shape index (κ2) is 7.50. The molecule has 6 nitrogen and oxygen atoms in total. The van der Waals surface area contributed by atoms with Crippen molar-refractivity contribution in [3.05, 3.63) is 70.2 Å². The minimum Gasteiger partial charge on any atom is -0.461 e. The Kier molecular flexibility index (Phi) is 5.30. The average molecular weight is 387 g/mol. The summed E-state index contributed by atoms with van der Waals surface area (Å²) >= 11 is 5.93. The van der Waals surface area contributed by atoms with Crippen molar-refractivity contribution in [3.8, 4) is 0 Å². The van der Waals surface area contributed by atoms with Gasteiger partial charge in [0.25, 0.3) is 5.91 Å². The van der Waals surface area contributed by atoms with E-state index in [9.17, 15) is 14.7 Å². The van der Waals surface area contributed by atoms with Gasteiger partial charge in [-0.2, -0.15) is 10.1 Å². The molecule has 0 bridgehead atoms. The Morgan fingerprint density at radius 2 is 1.81 bits per heavy atom. The maximum absolute atomic E-state index is 13.0. The summed E-state index contributed by atoms with van der Waals surface area (Å²) in [5.41, 5.74) is -0.0852. The van der Waals surface area contributed by atoms with E-state index < -0.39 is 17.6 Å². The first-order valence-corrected chi connectivity index (χ1v) is 8.87. The first-order valence-electron chi connectivity index (χ1n) is 8.49. The maximum Gasteiger partial charge on any atom is 0.354 e. The van der Waals surface area contributed by atoms with Crippen LogP contribution in [0, 0.1) is 6.92 Å². The first-order chi connectivity index (χ1) is 12.8. The summed E-state index contributed by atoms with van der Waals surface area (Å²) in [4.78, 5) is 25.2. The number of benzene rings is 2. The van der Waals surface area contributed by atoms with E-state index in [0.29, 0.717) is 16.1 Å². The van der Waals surface area contributed by atoms with Crippen LogP contribution in [0.2, 0.25) is 5.02 Å². The molecule has 1 aliphatic rings. The molecule has 27 heavy (non-hydrogen) atoms. The summed E-state index contributed by atoms with van der Waals surface area (Å²) in [5, 5.41) is 16.9. The molecule has 140 valence electrons. The van der Waals surface area contributed by atoms with Crippen LogP contribution in [-0.2, 0) is 15.3 Å². The predicted octanol–water partition coefficient (Wildman–Crippen LogP) is 3.26. The zero-order valence-electron chi connectivity index (χ0n) is 15.0. The number of carbonyl (C=O) groups excluding carboxylic acids is 2. The lowest BCUT2D eigenvalue weighted by Crippen LogP contribution is -2.43. The van der Waals surface area contributed by atoms with Crippen LogP contribution < -0.4 is 0 Å². The van der Waals surface area contributed by atoms with Crippen molar-refractivity contribution in [2.75, 3.05) is 6.61 Å². The van der Waals surface area contributed by atoms with Crippen LogP contribution in [-0.4, -0.2) is 34.3 Å². The summed E-state index contributed by atoms with van der Waals surface area (Å²) in [6, 6.07) is 13.3. The van der Waals surface area contributed by atoms with E-state index in [4.69, 9.17) is 16.3 Å². The van der Waals surface area contributed by atoms with Crippen molar-refractivity contribution in [2.24, 2.45) is 5.10 Å². The number of hydrogen-bond donors (Lipinski definition) is 1. The molecule has 0 aliphatic carbocycles. The number of aryl methyl sites for hydroxylation is 1. The van der Waals surface area contributed by atoms with Crippen molar-refractivity contribution in [3.63, 3.8) is 0 Å². The summed E-state index contributed by atoms with van der Waals surface area (Å²) in [6.07, 6.45) is -0.176. The van der Waals surface area contributed by atoms with Crippen molar-refractivity contribution in [1.82, 2.24) is 5.01 Å². The number of hydrogen-bond acceptors (Lipinski definition) is 5. The van der Waals surface area contributed by atoms with Gasteiger partial charge < -0.3 is 9.84 Å². The van der Waals surface area contributed by atoms with Crippen molar-refractivity contribution < 1.29 is 19.4 Å². The molecule has 2 aromatic carbocycles. The standard InChI is InChI=1S/C20H19ClN2O4/c1-3-27-19(25)17-12-20(26,15-8-10-16(21)11-9-15)23(22-17)18(24)14-6-4-13(2)5-7-14/h4-11,26H,3,12H2,1-2H3/t20-/m0/s1. The van der Waals surface area contributed by atoms with Crippen LogP contribution in [0.25, 0.3) is 0 Å².